The molecule has 1 aliphatic rings. The molecule has 0 N–H and O–H groups in total. The van der Waals surface area contributed by atoms with Crippen molar-refractivity contribution in [3.8, 4) is 0 Å². The average molecular weight is 367 g/mol. The van der Waals surface area contributed by atoms with E-state index in [-0.39, 0.29) is 18.4 Å². The Morgan fingerprint density at radius 1 is 1.11 bits per heavy atom. The van der Waals surface area contributed by atoms with Crippen LogP contribution in [-0.4, -0.2) is 45.3 Å². The van der Waals surface area contributed by atoms with Gasteiger partial charge in [0.05, 0.1) is 6.54 Å². The minimum Gasteiger partial charge on any atom is -0.353 e. The summed E-state index contributed by atoms with van der Waals surface area (Å²) in [5, 5.41) is 0. The van der Waals surface area contributed by atoms with Crippen LogP contribution < -0.4 is 0 Å². The van der Waals surface area contributed by atoms with Gasteiger partial charge >= 0.3 is 0 Å². The van der Waals surface area contributed by atoms with E-state index in [2.05, 4.69) is 6.92 Å². The molecule has 0 bridgehead atoms. The van der Waals surface area contributed by atoms with E-state index in [9.17, 15) is 9.59 Å². The van der Waals surface area contributed by atoms with E-state index in [1.165, 1.54) is 0 Å². The van der Waals surface area contributed by atoms with E-state index in [0.29, 0.717) is 24.7 Å². The van der Waals surface area contributed by atoms with E-state index in [1.54, 1.807) is 4.90 Å². The number of carbonyl (C=O) groups is 2. The van der Waals surface area contributed by atoms with Crippen LogP contribution in [0.4, 0.5) is 0 Å². The van der Waals surface area contributed by atoms with E-state index in [1.807, 2.05) is 65.2 Å². The Bertz CT molecular complexity index is 765. The van der Waals surface area contributed by atoms with Crippen molar-refractivity contribution in [2.45, 2.75) is 45.2 Å². The van der Waals surface area contributed by atoms with Crippen molar-refractivity contribution in [2.75, 3.05) is 13.1 Å². The van der Waals surface area contributed by atoms with Crippen LogP contribution in [0.15, 0.2) is 48.7 Å². The normalized spacial score (nSPS) is 13.4. The third-order valence-electron chi connectivity index (χ3n) is 5.11. The van der Waals surface area contributed by atoms with Crippen molar-refractivity contribution >= 4 is 11.8 Å². The summed E-state index contributed by atoms with van der Waals surface area (Å²) < 4.78 is 2.05. The highest BCUT2D eigenvalue weighted by atomic mass is 16.2. The number of unbranched alkanes of at least 4 members (excludes halogenated alkanes) is 1. The molecule has 1 aromatic heterocycles. The third kappa shape index (κ3) is 5.00. The summed E-state index contributed by atoms with van der Waals surface area (Å²) in [5.74, 6) is -0.0221. The molecule has 0 radical (unpaired) electrons. The second-order valence-electron chi connectivity index (χ2n) is 7.31. The molecule has 1 aliphatic carbocycles. The molecule has 0 atom stereocenters. The Hall–Kier alpha value is -2.56. The molecule has 0 unspecified atom stereocenters. The summed E-state index contributed by atoms with van der Waals surface area (Å²) in [7, 11) is 2.00. The summed E-state index contributed by atoms with van der Waals surface area (Å²) in [4.78, 5) is 29.7. The number of benzene rings is 1. The second-order valence-corrected chi connectivity index (χ2v) is 7.31. The number of aromatic nitrogens is 1. The number of carbonyl (C=O) groups excluding carboxylic acids is 2. The lowest BCUT2D eigenvalue weighted by Gasteiger charge is -2.28. The van der Waals surface area contributed by atoms with Crippen molar-refractivity contribution in [1.29, 1.82) is 0 Å². The number of rotatable bonds is 9. The molecule has 0 saturated heterocycles. The highest BCUT2D eigenvalue weighted by Gasteiger charge is 2.34. The first-order valence-corrected chi connectivity index (χ1v) is 9.84. The first kappa shape index (κ1) is 19.2. The maximum absolute atomic E-state index is 13.1. The van der Waals surface area contributed by atoms with Crippen molar-refractivity contribution < 1.29 is 9.59 Å². The molecule has 5 nitrogen and oxygen atoms in total. The molecule has 0 spiro atoms. The van der Waals surface area contributed by atoms with Gasteiger partial charge in [0.15, 0.2) is 0 Å². The number of aryl methyl sites for hydroxylation is 1. The average Bonchev–Trinajstić information content (AvgIpc) is 3.45. The predicted molar refractivity (Wildman–Crippen MR) is 106 cm³/mol. The standard InChI is InChI=1S/C22H29N3O2/c1-3-4-15-24(22(27)18-9-6-5-7-10-18)17-21(26)25(19-12-13-19)16-20-11-8-14-23(20)2/h5-11,14,19H,3-4,12-13,15-17H2,1-2H3. The summed E-state index contributed by atoms with van der Waals surface area (Å²) in [6, 6.07) is 13.6. The highest BCUT2D eigenvalue weighted by Crippen LogP contribution is 2.28. The van der Waals surface area contributed by atoms with Gasteiger partial charge in [0.1, 0.15) is 6.54 Å². The zero-order chi connectivity index (χ0) is 19.2. The minimum atomic E-state index is -0.0630. The van der Waals surface area contributed by atoms with Crippen LogP contribution in [0, 0.1) is 0 Å². The number of amides is 2. The van der Waals surface area contributed by atoms with Gasteiger partial charge in [-0.3, -0.25) is 9.59 Å². The Labute approximate surface area is 161 Å². The lowest BCUT2D eigenvalue weighted by atomic mass is 10.2. The van der Waals surface area contributed by atoms with Gasteiger partial charge in [-0.1, -0.05) is 31.5 Å². The highest BCUT2D eigenvalue weighted by molar-refractivity contribution is 5.96. The van der Waals surface area contributed by atoms with Crippen molar-refractivity contribution in [1.82, 2.24) is 14.4 Å². The monoisotopic (exact) mass is 367 g/mol. The fraction of sp³-hybridized carbons (Fsp3) is 0.455. The van der Waals surface area contributed by atoms with Gasteiger partial charge in [-0.15, -0.1) is 0 Å². The molecule has 2 aromatic rings. The molecule has 0 aliphatic heterocycles. The van der Waals surface area contributed by atoms with E-state index >= 15 is 0 Å². The Kier molecular flexibility index (Phi) is 6.32. The zero-order valence-electron chi connectivity index (χ0n) is 16.3. The SMILES string of the molecule is CCCCN(CC(=O)N(Cc1cccn1C)C1CC1)C(=O)c1ccccc1. The maximum atomic E-state index is 13.1. The Morgan fingerprint density at radius 2 is 1.85 bits per heavy atom. The van der Waals surface area contributed by atoms with Crippen LogP contribution in [-0.2, 0) is 18.4 Å². The van der Waals surface area contributed by atoms with Gasteiger partial charge in [-0.25, -0.2) is 0 Å². The van der Waals surface area contributed by atoms with Crippen LogP contribution in [0.1, 0.15) is 48.7 Å². The Balaban J connectivity index is 1.72. The van der Waals surface area contributed by atoms with Crippen LogP contribution >= 0.6 is 0 Å². The molecule has 144 valence electrons. The fourth-order valence-electron chi connectivity index (χ4n) is 3.26. The van der Waals surface area contributed by atoms with Crippen molar-refractivity contribution in [3.05, 3.63) is 59.9 Å². The number of hydrogen-bond acceptors (Lipinski definition) is 2. The van der Waals surface area contributed by atoms with Gasteiger partial charge in [0, 0.05) is 37.1 Å². The van der Waals surface area contributed by atoms with Gasteiger partial charge in [-0.2, -0.15) is 0 Å². The largest absolute Gasteiger partial charge is 0.353 e. The number of hydrogen-bond donors (Lipinski definition) is 0. The maximum Gasteiger partial charge on any atom is 0.254 e. The molecule has 27 heavy (non-hydrogen) atoms. The molecular formula is C22H29N3O2. The van der Waals surface area contributed by atoms with Crippen LogP contribution in [0.25, 0.3) is 0 Å². The predicted octanol–water partition coefficient (Wildman–Crippen LogP) is 3.46. The van der Waals surface area contributed by atoms with Gasteiger partial charge in [0.25, 0.3) is 5.91 Å². The molecule has 3 rings (SSSR count). The summed E-state index contributed by atoms with van der Waals surface area (Å²) in [6.07, 6.45) is 5.99. The van der Waals surface area contributed by atoms with Gasteiger partial charge in [-0.05, 0) is 43.5 Å². The lowest BCUT2D eigenvalue weighted by molar-refractivity contribution is -0.133. The quantitative estimate of drug-likeness (QED) is 0.681. The third-order valence-corrected chi connectivity index (χ3v) is 5.11. The molecule has 1 aromatic carbocycles. The minimum absolute atomic E-state index is 0.0408. The van der Waals surface area contributed by atoms with E-state index in [4.69, 9.17) is 0 Å². The second kappa shape index (κ2) is 8.89. The van der Waals surface area contributed by atoms with Crippen LogP contribution in [0.5, 0.6) is 0 Å². The van der Waals surface area contributed by atoms with E-state index in [0.717, 1.165) is 31.4 Å². The molecule has 1 heterocycles. The molecule has 5 heteroatoms. The topological polar surface area (TPSA) is 45.6 Å². The first-order chi connectivity index (χ1) is 13.1. The first-order valence-electron chi connectivity index (χ1n) is 9.84. The summed E-state index contributed by atoms with van der Waals surface area (Å²) in [6.45, 7) is 3.46. The summed E-state index contributed by atoms with van der Waals surface area (Å²) in [5.41, 5.74) is 1.76. The Morgan fingerprint density at radius 3 is 2.44 bits per heavy atom. The number of nitrogens with zero attached hydrogens (tertiary/aromatic N) is 3. The lowest BCUT2D eigenvalue weighted by Crippen LogP contribution is -2.44. The van der Waals surface area contributed by atoms with Crippen LogP contribution in [0.3, 0.4) is 0 Å². The van der Waals surface area contributed by atoms with Crippen molar-refractivity contribution in [3.63, 3.8) is 0 Å². The smallest absolute Gasteiger partial charge is 0.254 e. The van der Waals surface area contributed by atoms with Gasteiger partial charge in [0.2, 0.25) is 5.91 Å². The van der Waals surface area contributed by atoms with Crippen molar-refractivity contribution in [2.24, 2.45) is 7.05 Å². The molecular weight excluding hydrogens is 338 g/mol. The fourth-order valence-corrected chi connectivity index (χ4v) is 3.26. The van der Waals surface area contributed by atoms with Gasteiger partial charge < -0.3 is 14.4 Å². The molecule has 2 amide bonds. The molecule has 1 fully saturated rings. The summed E-state index contributed by atoms with van der Waals surface area (Å²) >= 11 is 0. The molecule has 1 saturated carbocycles. The van der Waals surface area contributed by atoms with E-state index < -0.39 is 0 Å². The van der Waals surface area contributed by atoms with Crippen LogP contribution in [0.2, 0.25) is 0 Å². The zero-order valence-corrected chi connectivity index (χ0v) is 16.3.